The number of carboxylic acids is 1. The third kappa shape index (κ3) is 6.60. The van der Waals surface area contributed by atoms with Gasteiger partial charge in [-0.3, -0.25) is 10.00 Å². The largest absolute Gasteiger partial charge is 0.479 e. The second-order valence-corrected chi connectivity index (χ2v) is 9.09. The molecule has 1 saturated carbocycles. The van der Waals surface area contributed by atoms with E-state index in [1.165, 1.54) is 5.56 Å². The zero-order valence-electron chi connectivity index (χ0n) is 18.2. The Hall–Kier alpha value is -2.86. The van der Waals surface area contributed by atoms with Gasteiger partial charge in [-0.2, -0.15) is 5.10 Å². The summed E-state index contributed by atoms with van der Waals surface area (Å²) in [4.78, 5) is 30.6. The summed E-state index contributed by atoms with van der Waals surface area (Å²) in [6, 6.07) is 6.34. The van der Waals surface area contributed by atoms with Crippen LogP contribution in [0, 0.1) is 0 Å². The molecule has 5 rings (SSSR count). The molecular formula is C21H25Cl2N7O4. The normalized spacial score (nSPS) is 16.2. The van der Waals surface area contributed by atoms with Gasteiger partial charge in [0.05, 0.1) is 36.1 Å². The Bertz CT molecular complexity index is 1140. The average Bonchev–Trinajstić information content (AvgIpc) is 3.33. The number of hydrogen-bond donors (Lipinski definition) is 5. The number of carbonyl (C=O) groups is 2. The number of imidazole rings is 1. The Labute approximate surface area is 205 Å². The smallest absolute Gasteiger partial charge is 0.337 e. The molecule has 3 aromatic rings. The van der Waals surface area contributed by atoms with Crippen LogP contribution in [0.2, 0.25) is 0 Å². The number of rotatable bonds is 6. The van der Waals surface area contributed by atoms with Crippen molar-refractivity contribution in [3.8, 4) is 11.5 Å². The van der Waals surface area contributed by atoms with E-state index in [1.807, 2.05) is 6.07 Å². The van der Waals surface area contributed by atoms with Crippen molar-refractivity contribution in [1.82, 2.24) is 30.4 Å². The number of amides is 2. The summed E-state index contributed by atoms with van der Waals surface area (Å²) in [7, 11) is 0. The van der Waals surface area contributed by atoms with E-state index in [2.05, 4.69) is 47.8 Å². The summed E-state index contributed by atoms with van der Waals surface area (Å²) >= 11 is 9.56. The number of benzene rings is 1. The van der Waals surface area contributed by atoms with Crippen molar-refractivity contribution in [3.05, 3.63) is 30.0 Å². The Kier molecular flexibility index (Phi) is 7.88. The first-order valence-corrected chi connectivity index (χ1v) is 11.7. The van der Waals surface area contributed by atoms with Gasteiger partial charge in [0.15, 0.2) is 5.82 Å². The number of alkyl halides is 2. The predicted molar refractivity (Wildman–Crippen MR) is 128 cm³/mol. The van der Waals surface area contributed by atoms with E-state index in [-0.39, 0.29) is 6.03 Å². The van der Waals surface area contributed by atoms with E-state index < -0.39 is 10.8 Å². The van der Waals surface area contributed by atoms with Crippen LogP contribution in [0.25, 0.3) is 22.6 Å². The monoisotopic (exact) mass is 509 g/mol. The minimum atomic E-state index is -1.29. The molecule has 0 bridgehead atoms. The highest BCUT2D eigenvalue weighted by molar-refractivity contribution is 6.52. The van der Waals surface area contributed by atoms with Gasteiger partial charge in [-0.1, -0.05) is 29.3 Å². The van der Waals surface area contributed by atoms with Gasteiger partial charge >= 0.3 is 12.0 Å². The Morgan fingerprint density at radius 1 is 1.26 bits per heavy atom. The lowest BCUT2D eigenvalue weighted by Gasteiger charge is -2.26. The molecule has 2 aromatic heterocycles. The molecule has 182 valence electrons. The quantitative estimate of drug-likeness (QED) is 0.320. The summed E-state index contributed by atoms with van der Waals surface area (Å²) in [5.74, 6) is -0.559. The van der Waals surface area contributed by atoms with Gasteiger partial charge in [0.2, 0.25) is 4.84 Å². The van der Waals surface area contributed by atoms with Crippen LogP contribution in [0.1, 0.15) is 18.4 Å². The number of ether oxygens (including phenoxy) is 1. The Morgan fingerprint density at radius 2 is 2.00 bits per heavy atom. The van der Waals surface area contributed by atoms with Crippen molar-refractivity contribution in [2.24, 2.45) is 0 Å². The number of fused-ring (bicyclic) bond motifs is 1. The first-order chi connectivity index (χ1) is 16.4. The van der Waals surface area contributed by atoms with Crippen molar-refractivity contribution >= 4 is 51.9 Å². The minimum Gasteiger partial charge on any atom is -0.479 e. The van der Waals surface area contributed by atoms with Gasteiger partial charge in [-0.25, -0.2) is 14.6 Å². The summed E-state index contributed by atoms with van der Waals surface area (Å²) < 4.78 is 5.41. The molecule has 1 saturated heterocycles. The standard InChI is InChI=1S/C19H23N7O2.C2H2Cl2O2/c27-19(21-13-2-3-13)24-16-10-20-25-17(16)18-22-14-4-1-12(9-15(14)23-18)11-26-5-7-28-8-6-26;3-1(4)2(5)6/h1,4,9-10,13H,2-3,5-8,11H2,(H,20,25)(H,22,23)(H2,21,24,27);1H,(H,5,6). The number of halogens is 2. The molecule has 34 heavy (non-hydrogen) atoms. The maximum Gasteiger partial charge on any atom is 0.337 e. The minimum absolute atomic E-state index is 0.214. The lowest BCUT2D eigenvalue weighted by Crippen LogP contribution is -2.35. The van der Waals surface area contributed by atoms with E-state index >= 15 is 0 Å². The number of aromatic nitrogens is 4. The molecule has 5 N–H and O–H groups in total. The van der Waals surface area contributed by atoms with E-state index in [0.717, 1.165) is 56.7 Å². The maximum atomic E-state index is 12.0. The van der Waals surface area contributed by atoms with Crippen molar-refractivity contribution in [2.75, 3.05) is 31.6 Å². The third-order valence-corrected chi connectivity index (χ3v) is 5.65. The maximum absolute atomic E-state index is 12.0. The highest BCUT2D eigenvalue weighted by atomic mass is 35.5. The molecule has 0 atom stereocenters. The number of nitrogens with zero attached hydrogens (tertiary/aromatic N) is 3. The number of hydrogen-bond acceptors (Lipinski definition) is 6. The number of H-pyrrole nitrogens is 2. The van der Waals surface area contributed by atoms with Gasteiger partial charge in [0.1, 0.15) is 5.69 Å². The van der Waals surface area contributed by atoms with Gasteiger partial charge in [-0.15, -0.1) is 0 Å². The lowest BCUT2D eigenvalue weighted by atomic mass is 10.2. The predicted octanol–water partition coefficient (Wildman–Crippen LogP) is 2.94. The molecule has 0 spiro atoms. The van der Waals surface area contributed by atoms with Crippen LogP contribution in [-0.4, -0.2) is 79.4 Å². The second-order valence-electron chi connectivity index (χ2n) is 8.00. The molecule has 1 aliphatic heterocycles. The second kappa shape index (κ2) is 11.0. The van der Waals surface area contributed by atoms with Gasteiger partial charge in [-0.05, 0) is 30.5 Å². The van der Waals surface area contributed by atoms with Gasteiger partial charge < -0.3 is 25.5 Å². The van der Waals surface area contributed by atoms with Crippen LogP contribution in [0.3, 0.4) is 0 Å². The SMILES string of the molecule is O=C(Nc1cn[nH]c1-c1nc2ccc(CN3CCOCC3)cc2[nH]1)NC1CC1.O=C(O)C(Cl)Cl. The number of carboxylic acid groups (broad SMARTS) is 1. The number of carbonyl (C=O) groups excluding carboxylic acids is 1. The fraction of sp³-hybridized carbons (Fsp3) is 0.429. The lowest BCUT2D eigenvalue weighted by molar-refractivity contribution is -0.135. The number of aliphatic carboxylic acids is 1. The number of urea groups is 1. The Morgan fingerprint density at radius 3 is 2.68 bits per heavy atom. The van der Waals surface area contributed by atoms with Crippen LogP contribution in [0.5, 0.6) is 0 Å². The average molecular weight is 510 g/mol. The van der Waals surface area contributed by atoms with E-state index in [0.29, 0.717) is 23.2 Å². The van der Waals surface area contributed by atoms with Crippen molar-refractivity contribution in [3.63, 3.8) is 0 Å². The zero-order valence-corrected chi connectivity index (χ0v) is 19.7. The van der Waals surface area contributed by atoms with Crippen LogP contribution in [-0.2, 0) is 16.1 Å². The number of nitrogens with one attached hydrogen (secondary N) is 4. The van der Waals surface area contributed by atoms with Gasteiger partial charge in [0.25, 0.3) is 0 Å². The van der Waals surface area contributed by atoms with E-state index in [9.17, 15) is 9.59 Å². The van der Waals surface area contributed by atoms with Crippen molar-refractivity contribution in [2.45, 2.75) is 30.3 Å². The van der Waals surface area contributed by atoms with Crippen molar-refractivity contribution in [1.29, 1.82) is 0 Å². The molecule has 11 nitrogen and oxygen atoms in total. The highest BCUT2D eigenvalue weighted by Gasteiger charge is 2.24. The summed E-state index contributed by atoms with van der Waals surface area (Å²) in [5, 5.41) is 20.5. The molecule has 1 aliphatic carbocycles. The number of aromatic amines is 2. The first-order valence-electron chi connectivity index (χ1n) is 10.8. The fourth-order valence-corrected chi connectivity index (χ4v) is 3.42. The van der Waals surface area contributed by atoms with Crippen LogP contribution in [0.15, 0.2) is 24.4 Å². The number of anilines is 1. The molecule has 0 radical (unpaired) electrons. The van der Waals surface area contributed by atoms with E-state index in [4.69, 9.17) is 33.0 Å². The molecule has 13 heteroatoms. The molecule has 2 aliphatic rings. The summed E-state index contributed by atoms with van der Waals surface area (Å²) in [6.45, 7) is 4.39. The molecule has 1 aromatic carbocycles. The van der Waals surface area contributed by atoms with Crippen LogP contribution in [0.4, 0.5) is 10.5 Å². The highest BCUT2D eigenvalue weighted by Crippen LogP contribution is 2.26. The molecule has 3 heterocycles. The van der Waals surface area contributed by atoms with Crippen molar-refractivity contribution < 1.29 is 19.4 Å². The molecule has 0 unspecified atom stereocenters. The zero-order chi connectivity index (χ0) is 24.1. The third-order valence-electron chi connectivity index (χ3n) is 5.28. The number of morpholine rings is 1. The fourth-order valence-electron chi connectivity index (χ4n) is 3.42. The topological polar surface area (TPSA) is 148 Å². The van der Waals surface area contributed by atoms with Crippen LogP contribution < -0.4 is 10.6 Å². The molecular weight excluding hydrogens is 485 g/mol. The summed E-state index contributed by atoms with van der Waals surface area (Å²) in [6.07, 6.45) is 3.68. The van der Waals surface area contributed by atoms with E-state index in [1.54, 1.807) is 6.20 Å². The van der Waals surface area contributed by atoms with Gasteiger partial charge in [0, 0.05) is 25.7 Å². The molecule has 2 fully saturated rings. The Balaban J connectivity index is 0.000000408. The molecule has 2 amide bonds. The summed E-state index contributed by atoms with van der Waals surface area (Å²) in [5.41, 5.74) is 4.34. The first kappa shape index (κ1) is 24.3. The van der Waals surface area contributed by atoms with Crippen LogP contribution >= 0.6 is 23.2 Å².